The number of esters is 1. The van der Waals surface area contributed by atoms with Crippen LogP contribution >= 0.6 is 27.7 Å². The van der Waals surface area contributed by atoms with Crippen molar-refractivity contribution in [2.75, 3.05) is 42.6 Å². The highest BCUT2D eigenvalue weighted by atomic mass is 79.9. The van der Waals surface area contributed by atoms with Gasteiger partial charge >= 0.3 is 5.97 Å². The monoisotopic (exact) mass is 621 g/mol. The van der Waals surface area contributed by atoms with Crippen LogP contribution in [0.1, 0.15) is 40.5 Å². The smallest absolute Gasteiger partial charge is 0.310 e. The SMILES string of the molecule is C=CCN(C(=O)C1N([C@@H](CC)CO)C(=O)[C@@H]2[C@H](C(=O)OCC)[C@H]3SC12CC3Br)c1ccc(N(CC)CC)cc1. The third-order valence-corrected chi connectivity index (χ3v) is 11.7. The van der Waals surface area contributed by atoms with Gasteiger partial charge in [0.15, 0.2) is 0 Å². The lowest BCUT2D eigenvalue weighted by atomic mass is 9.71. The minimum absolute atomic E-state index is 0.0355. The van der Waals surface area contributed by atoms with E-state index in [1.54, 1.807) is 34.6 Å². The summed E-state index contributed by atoms with van der Waals surface area (Å²) in [6, 6.07) is 6.52. The summed E-state index contributed by atoms with van der Waals surface area (Å²) in [5.41, 5.74) is 1.79. The summed E-state index contributed by atoms with van der Waals surface area (Å²) in [6.07, 6.45) is 2.75. The van der Waals surface area contributed by atoms with Crippen LogP contribution in [0.25, 0.3) is 0 Å². The molecule has 3 heterocycles. The maximum Gasteiger partial charge on any atom is 0.310 e. The summed E-state index contributed by atoms with van der Waals surface area (Å²) in [5.74, 6) is -2.16. The van der Waals surface area contributed by atoms with Gasteiger partial charge in [0.2, 0.25) is 5.91 Å². The van der Waals surface area contributed by atoms with Crippen LogP contribution in [-0.2, 0) is 19.1 Å². The first-order chi connectivity index (χ1) is 18.7. The van der Waals surface area contributed by atoms with Crippen LogP contribution in [0.3, 0.4) is 0 Å². The van der Waals surface area contributed by atoms with Crippen LogP contribution in [0.5, 0.6) is 0 Å². The van der Waals surface area contributed by atoms with Crippen molar-refractivity contribution < 1.29 is 24.2 Å². The molecule has 7 atom stereocenters. The normalized spacial score (nSPS) is 29.7. The summed E-state index contributed by atoms with van der Waals surface area (Å²) in [5, 5.41) is 10.1. The summed E-state index contributed by atoms with van der Waals surface area (Å²) < 4.78 is 4.62. The van der Waals surface area contributed by atoms with Gasteiger partial charge in [0.05, 0.1) is 35.8 Å². The Morgan fingerprint density at radius 2 is 1.87 bits per heavy atom. The van der Waals surface area contributed by atoms with Crippen molar-refractivity contribution in [3.8, 4) is 0 Å². The van der Waals surface area contributed by atoms with Crippen molar-refractivity contribution in [3.05, 3.63) is 36.9 Å². The summed E-state index contributed by atoms with van der Waals surface area (Å²) in [6.45, 7) is 13.7. The van der Waals surface area contributed by atoms with Crippen molar-refractivity contribution in [1.29, 1.82) is 0 Å². The number of benzene rings is 1. The topological polar surface area (TPSA) is 90.4 Å². The van der Waals surface area contributed by atoms with Crippen LogP contribution in [0.15, 0.2) is 36.9 Å². The van der Waals surface area contributed by atoms with Crippen molar-refractivity contribution in [2.45, 2.75) is 67.4 Å². The first-order valence-corrected chi connectivity index (χ1v) is 15.7. The molecule has 10 heteroatoms. The van der Waals surface area contributed by atoms with Gasteiger partial charge < -0.3 is 24.5 Å². The predicted molar refractivity (Wildman–Crippen MR) is 159 cm³/mol. The molecule has 1 N–H and O–H groups in total. The lowest BCUT2D eigenvalue weighted by molar-refractivity contribution is -0.154. The Hall–Kier alpha value is -2.04. The number of hydrogen-bond donors (Lipinski definition) is 1. The minimum Gasteiger partial charge on any atom is -0.466 e. The number of rotatable bonds is 12. The molecule has 4 rings (SSSR count). The van der Waals surface area contributed by atoms with Gasteiger partial charge in [0, 0.05) is 41.1 Å². The van der Waals surface area contributed by atoms with E-state index in [0.717, 1.165) is 24.5 Å². The second kappa shape index (κ2) is 12.2. The number of carbonyl (C=O) groups is 3. The molecule has 3 aliphatic heterocycles. The number of alkyl halides is 1. The van der Waals surface area contributed by atoms with Crippen molar-refractivity contribution in [3.63, 3.8) is 0 Å². The zero-order valence-corrected chi connectivity index (χ0v) is 25.6. The standard InChI is InChI=1S/C29H40BrN3O5S/c1-6-15-32(20-13-11-19(12-14-20)31(8-3)9-4)27(36)25-29-16-21(30)24(39-29)22(28(37)38-10-5)23(29)26(35)33(25)18(7-2)17-34/h6,11-14,18,21-25,34H,1,7-10,15-17H2,2-5H3/t18-,21?,22-,23-,24-,25?,29?/m0/s1. The Morgan fingerprint density at radius 1 is 1.23 bits per heavy atom. The molecule has 3 aliphatic rings. The maximum absolute atomic E-state index is 14.6. The molecule has 0 aromatic heterocycles. The molecule has 2 amide bonds. The molecule has 3 saturated heterocycles. The maximum atomic E-state index is 14.6. The molecule has 1 spiro atoms. The molecule has 39 heavy (non-hydrogen) atoms. The first kappa shape index (κ1) is 29.9. The average Bonchev–Trinajstić information content (AvgIpc) is 3.53. The van der Waals surface area contributed by atoms with Gasteiger partial charge in [-0.25, -0.2) is 0 Å². The molecule has 214 valence electrons. The Labute approximate surface area is 244 Å². The van der Waals surface area contributed by atoms with E-state index in [1.807, 2.05) is 31.2 Å². The Morgan fingerprint density at radius 3 is 2.41 bits per heavy atom. The molecule has 0 radical (unpaired) electrons. The van der Waals surface area contributed by atoms with E-state index in [-0.39, 0.29) is 47.6 Å². The van der Waals surface area contributed by atoms with Crippen LogP contribution in [0.4, 0.5) is 11.4 Å². The number of nitrogens with zero attached hydrogens (tertiary/aromatic N) is 3. The Balaban J connectivity index is 1.79. The third-order valence-electron chi connectivity index (χ3n) is 8.46. The quantitative estimate of drug-likeness (QED) is 0.215. The van der Waals surface area contributed by atoms with Crippen molar-refractivity contribution >= 4 is 56.9 Å². The number of aliphatic hydroxyl groups excluding tert-OH is 1. The number of ether oxygens (including phenoxy) is 1. The highest BCUT2D eigenvalue weighted by Gasteiger charge is 2.76. The van der Waals surface area contributed by atoms with E-state index in [9.17, 15) is 19.5 Å². The third kappa shape index (κ3) is 4.90. The second-order valence-corrected chi connectivity index (χ2v) is 13.0. The van der Waals surface area contributed by atoms with Crippen LogP contribution in [0, 0.1) is 11.8 Å². The Kier molecular flexibility index (Phi) is 9.38. The molecule has 1 aromatic rings. The zero-order valence-electron chi connectivity index (χ0n) is 23.2. The first-order valence-electron chi connectivity index (χ1n) is 13.9. The molecule has 0 saturated carbocycles. The number of hydrogen-bond acceptors (Lipinski definition) is 7. The fraction of sp³-hybridized carbons (Fsp3) is 0.621. The number of anilines is 2. The number of amides is 2. The highest BCUT2D eigenvalue weighted by Crippen LogP contribution is 2.68. The van der Waals surface area contributed by atoms with Gasteiger partial charge in [-0.3, -0.25) is 14.4 Å². The van der Waals surface area contributed by atoms with Crippen molar-refractivity contribution in [2.24, 2.45) is 11.8 Å². The van der Waals surface area contributed by atoms with Gasteiger partial charge in [-0.05, 0) is 57.9 Å². The van der Waals surface area contributed by atoms with Crippen molar-refractivity contribution in [1.82, 2.24) is 4.90 Å². The fourth-order valence-corrected chi connectivity index (χ4v) is 10.3. The molecular weight excluding hydrogens is 582 g/mol. The number of aliphatic hydroxyl groups is 1. The van der Waals surface area contributed by atoms with E-state index >= 15 is 0 Å². The molecule has 8 nitrogen and oxygen atoms in total. The summed E-state index contributed by atoms with van der Waals surface area (Å²) in [7, 11) is 0. The van der Waals surface area contributed by atoms with E-state index in [0.29, 0.717) is 12.8 Å². The van der Waals surface area contributed by atoms with E-state index in [2.05, 4.69) is 41.3 Å². The van der Waals surface area contributed by atoms with Gasteiger partial charge in [0.1, 0.15) is 6.04 Å². The Bertz CT molecular complexity index is 1080. The predicted octanol–water partition coefficient (Wildman–Crippen LogP) is 3.85. The molecule has 3 unspecified atom stereocenters. The van der Waals surface area contributed by atoms with Crippen LogP contribution in [0.2, 0.25) is 0 Å². The number of carbonyl (C=O) groups excluding carboxylic acids is 3. The minimum atomic E-state index is -0.830. The summed E-state index contributed by atoms with van der Waals surface area (Å²) >= 11 is 5.34. The second-order valence-electron chi connectivity index (χ2n) is 10.3. The molecule has 1 aromatic carbocycles. The van der Waals surface area contributed by atoms with E-state index in [1.165, 1.54) is 0 Å². The van der Waals surface area contributed by atoms with Gasteiger partial charge in [-0.2, -0.15) is 0 Å². The van der Waals surface area contributed by atoms with Gasteiger partial charge in [-0.1, -0.05) is 28.9 Å². The largest absolute Gasteiger partial charge is 0.466 e. The van der Waals surface area contributed by atoms with E-state index in [4.69, 9.17) is 4.74 Å². The van der Waals surface area contributed by atoms with E-state index < -0.39 is 28.7 Å². The molecular formula is C29H40BrN3O5S. The molecule has 3 fully saturated rings. The number of halogens is 1. The highest BCUT2D eigenvalue weighted by molar-refractivity contribution is 9.09. The number of fused-ring (bicyclic) bond motifs is 1. The molecule has 0 aliphatic carbocycles. The molecule has 2 bridgehead atoms. The fourth-order valence-electron chi connectivity index (χ4n) is 6.69. The lowest BCUT2D eigenvalue weighted by Crippen LogP contribution is -2.58. The zero-order chi connectivity index (χ0) is 28.5. The van der Waals surface area contributed by atoms with Crippen LogP contribution in [-0.4, -0.2) is 87.5 Å². The van der Waals surface area contributed by atoms with Crippen LogP contribution < -0.4 is 9.80 Å². The van der Waals surface area contributed by atoms with Gasteiger partial charge in [0.25, 0.3) is 5.91 Å². The lowest BCUT2D eigenvalue weighted by Gasteiger charge is -2.39. The summed E-state index contributed by atoms with van der Waals surface area (Å²) in [4.78, 5) is 47.4. The number of likely N-dealkylation sites (tertiary alicyclic amines) is 1. The number of thioether (sulfide) groups is 1. The van der Waals surface area contributed by atoms with Gasteiger partial charge in [-0.15, -0.1) is 18.3 Å². The average molecular weight is 623 g/mol.